The van der Waals surface area contributed by atoms with Crippen LogP contribution in [0.5, 0.6) is 5.75 Å². The SMILES string of the molecule is CO.c1cc2cc(c1)OC2. The summed E-state index contributed by atoms with van der Waals surface area (Å²) in [6.07, 6.45) is 0. The Kier molecular flexibility index (Phi) is 2.29. The van der Waals surface area contributed by atoms with Crippen molar-refractivity contribution < 1.29 is 9.84 Å². The average Bonchev–Trinajstić information content (AvgIpc) is 2.35. The third-order valence-electron chi connectivity index (χ3n) is 1.30. The summed E-state index contributed by atoms with van der Waals surface area (Å²) in [6.45, 7) is 0.766. The minimum absolute atomic E-state index is 0.766. The van der Waals surface area contributed by atoms with E-state index in [9.17, 15) is 0 Å². The van der Waals surface area contributed by atoms with Crippen molar-refractivity contribution in [2.45, 2.75) is 6.61 Å². The quantitative estimate of drug-likeness (QED) is 0.583. The number of hydrogen-bond donors (Lipinski definition) is 1. The molecular weight excluding hydrogens is 128 g/mol. The van der Waals surface area contributed by atoms with Gasteiger partial charge in [-0.15, -0.1) is 0 Å². The molecule has 0 aromatic heterocycles. The van der Waals surface area contributed by atoms with Crippen molar-refractivity contribution >= 4 is 0 Å². The number of aliphatic hydroxyl groups excluding tert-OH is 1. The van der Waals surface area contributed by atoms with Crippen LogP contribution in [0.15, 0.2) is 24.3 Å². The molecule has 2 rings (SSSR count). The molecule has 1 aliphatic heterocycles. The molecule has 0 amide bonds. The second kappa shape index (κ2) is 3.22. The van der Waals surface area contributed by atoms with E-state index in [1.54, 1.807) is 0 Å². The van der Waals surface area contributed by atoms with E-state index in [2.05, 4.69) is 12.1 Å². The second-order valence-corrected chi connectivity index (χ2v) is 1.94. The summed E-state index contributed by atoms with van der Waals surface area (Å²) in [5.74, 6) is 1.00. The fourth-order valence-electron chi connectivity index (χ4n) is 0.892. The van der Waals surface area contributed by atoms with Crippen molar-refractivity contribution in [1.29, 1.82) is 0 Å². The molecule has 2 heteroatoms. The van der Waals surface area contributed by atoms with Gasteiger partial charge in [-0.3, -0.25) is 0 Å². The zero-order valence-corrected chi connectivity index (χ0v) is 5.87. The smallest absolute Gasteiger partial charge is 0.120 e. The van der Waals surface area contributed by atoms with Gasteiger partial charge < -0.3 is 9.84 Å². The molecule has 1 N–H and O–H groups in total. The molecule has 2 nitrogen and oxygen atoms in total. The predicted molar refractivity (Wildman–Crippen MR) is 38.9 cm³/mol. The monoisotopic (exact) mass is 138 g/mol. The van der Waals surface area contributed by atoms with Crippen LogP contribution < -0.4 is 4.74 Å². The summed E-state index contributed by atoms with van der Waals surface area (Å²) < 4.78 is 5.18. The topological polar surface area (TPSA) is 29.5 Å². The summed E-state index contributed by atoms with van der Waals surface area (Å²) >= 11 is 0. The van der Waals surface area contributed by atoms with Crippen LogP contribution in [0, 0.1) is 0 Å². The van der Waals surface area contributed by atoms with Crippen molar-refractivity contribution in [2.75, 3.05) is 7.11 Å². The molecule has 1 aliphatic rings. The maximum Gasteiger partial charge on any atom is 0.120 e. The van der Waals surface area contributed by atoms with Gasteiger partial charge >= 0.3 is 0 Å². The van der Waals surface area contributed by atoms with Crippen LogP contribution in [0.4, 0.5) is 0 Å². The Balaban J connectivity index is 0.000000231. The van der Waals surface area contributed by atoms with Gasteiger partial charge in [0.25, 0.3) is 0 Å². The van der Waals surface area contributed by atoms with E-state index in [0.29, 0.717) is 0 Å². The van der Waals surface area contributed by atoms with Crippen LogP contribution in [0.3, 0.4) is 0 Å². The number of hydrogen-bond acceptors (Lipinski definition) is 2. The van der Waals surface area contributed by atoms with E-state index in [-0.39, 0.29) is 0 Å². The Morgan fingerprint density at radius 3 is 2.80 bits per heavy atom. The third-order valence-corrected chi connectivity index (χ3v) is 1.30. The van der Waals surface area contributed by atoms with Gasteiger partial charge in [-0.1, -0.05) is 12.1 Å². The molecule has 1 heterocycles. The van der Waals surface area contributed by atoms with E-state index in [1.165, 1.54) is 5.56 Å². The Morgan fingerprint density at radius 1 is 1.40 bits per heavy atom. The molecule has 0 aliphatic carbocycles. The molecular formula is C8H10O2. The first-order valence-corrected chi connectivity index (χ1v) is 3.11. The maximum atomic E-state index is 7.00. The van der Waals surface area contributed by atoms with Crippen LogP contribution in [0.2, 0.25) is 0 Å². The van der Waals surface area contributed by atoms with Gasteiger partial charge in [-0.2, -0.15) is 0 Å². The molecule has 0 saturated heterocycles. The van der Waals surface area contributed by atoms with Gasteiger partial charge in [-0.25, -0.2) is 0 Å². The van der Waals surface area contributed by atoms with Crippen LogP contribution >= 0.6 is 0 Å². The first kappa shape index (κ1) is 7.09. The fourth-order valence-corrected chi connectivity index (χ4v) is 0.892. The fraction of sp³-hybridized carbons (Fsp3) is 0.250. The van der Waals surface area contributed by atoms with E-state index >= 15 is 0 Å². The highest BCUT2D eigenvalue weighted by Crippen LogP contribution is 2.20. The van der Waals surface area contributed by atoms with Crippen molar-refractivity contribution in [3.63, 3.8) is 0 Å². The van der Waals surface area contributed by atoms with E-state index in [4.69, 9.17) is 9.84 Å². The summed E-state index contributed by atoms with van der Waals surface area (Å²) in [5, 5.41) is 7.00. The summed E-state index contributed by atoms with van der Waals surface area (Å²) in [5.41, 5.74) is 1.28. The van der Waals surface area contributed by atoms with Gasteiger partial charge in [0.15, 0.2) is 0 Å². The minimum atomic E-state index is 0.766. The highest BCUT2D eigenvalue weighted by molar-refractivity contribution is 5.32. The number of fused-ring (bicyclic) bond motifs is 2. The van der Waals surface area contributed by atoms with Gasteiger partial charge in [0, 0.05) is 7.11 Å². The molecule has 0 saturated carbocycles. The van der Waals surface area contributed by atoms with Gasteiger partial charge in [0.05, 0.1) is 0 Å². The lowest BCUT2D eigenvalue weighted by molar-refractivity contribution is 0.328. The number of benzene rings is 1. The summed E-state index contributed by atoms with van der Waals surface area (Å²) in [6, 6.07) is 8.10. The molecule has 0 atom stereocenters. The molecule has 0 radical (unpaired) electrons. The lowest BCUT2D eigenvalue weighted by atomic mass is 10.2. The van der Waals surface area contributed by atoms with Crippen LogP contribution in [0.1, 0.15) is 5.56 Å². The van der Waals surface area contributed by atoms with Crippen molar-refractivity contribution in [3.05, 3.63) is 29.8 Å². The molecule has 0 spiro atoms. The first-order chi connectivity index (χ1) is 4.95. The molecule has 54 valence electrons. The Hall–Kier alpha value is -1.02. The highest BCUT2D eigenvalue weighted by Gasteiger charge is 2.03. The normalized spacial score (nSPS) is 11.4. The Labute approximate surface area is 60.1 Å². The van der Waals surface area contributed by atoms with E-state index in [1.807, 2.05) is 12.1 Å². The van der Waals surface area contributed by atoms with Crippen molar-refractivity contribution in [1.82, 2.24) is 0 Å². The Morgan fingerprint density at radius 2 is 2.20 bits per heavy atom. The Bertz CT molecular complexity index is 189. The molecule has 1 aromatic carbocycles. The first-order valence-electron chi connectivity index (χ1n) is 3.11. The standard InChI is InChI=1S/C7H6O.CH4O/c1-2-6-4-7(3-1)8-5-6;1-2/h1-4H,5H2;2H,1H3. The molecule has 0 fully saturated rings. The lowest BCUT2D eigenvalue weighted by Crippen LogP contribution is -1.80. The average molecular weight is 138 g/mol. The van der Waals surface area contributed by atoms with Crippen LogP contribution in [-0.4, -0.2) is 12.2 Å². The minimum Gasteiger partial charge on any atom is -0.489 e. The zero-order chi connectivity index (χ0) is 7.40. The largest absolute Gasteiger partial charge is 0.489 e. The highest BCUT2D eigenvalue weighted by atomic mass is 16.5. The summed E-state index contributed by atoms with van der Waals surface area (Å²) in [4.78, 5) is 0. The van der Waals surface area contributed by atoms with Crippen LogP contribution in [-0.2, 0) is 6.61 Å². The van der Waals surface area contributed by atoms with Crippen LogP contribution in [0.25, 0.3) is 0 Å². The van der Waals surface area contributed by atoms with E-state index in [0.717, 1.165) is 19.5 Å². The second-order valence-electron chi connectivity index (χ2n) is 1.94. The van der Waals surface area contributed by atoms with E-state index < -0.39 is 0 Å². The van der Waals surface area contributed by atoms with Crippen molar-refractivity contribution in [2.24, 2.45) is 0 Å². The maximum absolute atomic E-state index is 7.00. The van der Waals surface area contributed by atoms with Gasteiger partial charge in [0.2, 0.25) is 0 Å². The number of rotatable bonds is 0. The lowest BCUT2D eigenvalue weighted by Gasteiger charge is -1.88. The van der Waals surface area contributed by atoms with Gasteiger partial charge in [0.1, 0.15) is 12.4 Å². The number of aliphatic hydroxyl groups is 1. The zero-order valence-electron chi connectivity index (χ0n) is 5.87. The van der Waals surface area contributed by atoms with Crippen molar-refractivity contribution in [3.8, 4) is 5.75 Å². The predicted octanol–water partition coefficient (Wildman–Crippen LogP) is 1.19. The molecule has 1 aromatic rings. The third kappa shape index (κ3) is 1.28. The summed E-state index contributed by atoms with van der Waals surface area (Å²) in [7, 11) is 1.00. The number of ether oxygens (including phenoxy) is 1. The molecule has 0 unspecified atom stereocenters. The molecule has 2 bridgehead atoms. The molecule has 10 heavy (non-hydrogen) atoms. The van der Waals surface area contributed by atoms with Gasteiger partial charge in [-0.05, 0) is 17.7 Å².